The van der Waals surface area contributed by atoms with E-state index < -0.39 is 0 Å². The fourth-order valence-corrected chi connectivity index (χ4v) is 3.60. The Kier molecular flexibility index (Phi) is 3.82. The Morgan fingerprint density at radius 1 is 0.750 bits per heavy atom. The molecule has 0 N–H and O–H groups in total. The molecule has 0 atom stereocenters. The zero-order chi connectivity index (χ0) is 16.7. The van der Waals surface area contributed by atoms with Crippen molar-refractivity contribution in [1.29, 1.82) is 0 Å². The van der Waals surface area contributed by atoms with Crippen LogP contribution >= 0.6 is 0 Å². The second-order valence-corrected chi connectivity index (χ2v) is 5.89. The summed E-state index contributed by atoms with van der Waals surface area (Å²) in [5, 5.41) is 0. The van der Waals surface area contributed by atoms with Gasteiger partial charge in [0.2, 0.25) is 5.75 Å². The minimum Gasteiger partial charge on any atom is -0.493 e. The molecular formula is C19H20O5. The normalized spacial score (nSPS) is 15.1. The van der Waals surface area contributed by atoms with Crippen LogP contribution in [0.25, 0.3) is 11.1 Å². The molecule has 0 bridgehead atoms. The monoisotopic (exact) mass is 328 g/mol. The largest absolute Gasteiger partial charge is 0.493 e. The van der Waals surface area contributed by atoms with Crippen LogP contribution in [0, 0.1) is 0 Å². The molecule has 2 aliphatic rings. The first-order valence-corrected chi connectivity index (χ1v) is 7.89. The highest BCUT2D eigenvalue weighted by atomic mass is 16.5. The molecule has 4 rings (SSSR count). The summed E-state index contributed by atoms with van der Waals surface area (Å²) in [5.41, 5.74) is 6.80. The molecule has 2 heterocycles. The summed E-state index contributed by atoms with van der Waals surface area (Å²) in [4.78, 5) is 0. The zero-order valence-electron chi connectivity index (χ0n) is 14.1. The molecular weight excluding hydrogens is 308 g/mol. The summed E-state index contributed by atoms with van der Waals surface area (Å²) in [6.45, 7) is 2.35. The first kappa shape index (κ1) is 15.3. The van der Waals surface area contributed by atoms with Crippen LogP contribution in [-0.2, 0) is 35.9 Å². The second-order valence-electron chi connectivity index (χ2n) is 5.89. The van der Waals surface area contributed by atoms with Gasteiger partial charge in [0.25, 0.3) is 0 Å². The van der Waals surface area contributed by atoms with E-state index in [-0.39, 0.29) is 0 Å². The van der Waals surface area contributed by atoms with Crippen molar-refractivity contribution in [2.45, 2.75) is 26.4 Å². The van der Waals surface area contributed by atoms with Gasteiger partial charge in [-0.15, -0.1) is 0 Å². The van der Waals surface area contributed by atoms with E-state index >= 15 is 0 Å². The topological polar surface area (TPSA) is 46.2 Å². The molecule has 0 aromatic heterocycles. The Balaban J connectivity index is 2.03. The average Bonchev–Trinajstić information content (AvgIpc) is 3.02. The quantitative estimate of drug-likeness (QED) is 0.864. The lowest BCUT2D eigenvalue weighted by Crippen LogP contribution is -2.01. The van der Waals surface area contributed by atoms with Gasteiger partial charge in [0.1, 0.15) is 0 Å². The van der Waals surface area contributed by atoms with E-state index in [1.165, 1.54) is 16.7 Å². The third-order valence-electron chi connectivity index (χ3n) is 4.72. The van der Waals surface area contributed by atoms with Gasteiger partial charge in [0.05, 0.1) is 47.8 Å². The first-order valence-electron chi connectivity index (χ1n) is 7.89. The van der Waals surface area contributed by atoms with Crippen LogP contribution in [0.4, 0.5) is 0 Å². The van der Waals surface area contributed by atoms with E-state index in [1.807, 2.05) is 6.07 Å². The standard InChI is InChI=1S/C19H20O5/c1-20-16-6-12-8-24-10-15-13(5-4-11-7-23-9-14(11)15)17(12)19(22-3)18(16)21-2/h4-6H,7-10H2,1-3H3. The van der Waals surface area contributed by atoms with E-state index in [2.05, 4.69) is 12.1 Å². The van der Waals surface area contributed by atoms with Crippen LogP contribution in [-0.4, -0.2) is 21.3 Å². The molecule has 0 saturated carbocycles. The zero-order valence-corrected chi connectivity index (χ0v) is 14.1. The molecule has 0 spiro atoms. The number of rotatable bonds is 3. The summed E-state index contributed by atoms with van der Waals surface area (Å²) in [7, 11) is 4.90. The summed E-state index contributed by atoms with van der Waals surface area (Å²) in [5.74, 6) is 1.92. The van der Waals surface area contributed by atoms with Gasteiger partial charge in [-0.05, 0) is 33.9 Å². The third-order valence-corrected chi connectivity index (χ3v) is 4.72. The fourth-order valence-electron chi connectivity index (χ4n) is 3.60. The Bertz CT molecular complexity index is 797. The Labute approximate surface area is 141 Å². The number of hydrogen-bond acceptors (Lipinski definition) is 5. The Morgan fingerprint density at radius 2 is 1.46 bits per heavy atom. The van der Waals surface area contributed by atoms with Gasteiger partial charge in [-0.3, -0.25) is 0 Å². The summed E-state index contributed by atoms with van der Waals surface area (Å²) in [6.07, 6.45) is 0. The summed E-state index contributed by atoms with van der Waals surface area (Å²) >= 11 is 0. The summed E-state index contributed by atoms with van der Waals surface area (Å²) < 4.78 is 28.3. The van der Waals surface area contributed by atoms with Gasteiger partial charge in [0.15, 0.2) is 11.5 Å². The van der Waals surface area contributed by atoms with Gasteiger partial charge >= 0.3 is 0 Å². The van der Waals surface area contributed by atoms with Crippen molar-refractivity contribution in [3.05, 3.63) is 40.5 Å². The molecule has 5 heteroatoms. The van der Waals surface area contributed by atoms with Crippen molar-refractivity contribution in [2.24, 2.45) is 0 Å². The van der Waals surface area contributed by atoms with Crippen LogP contribution in [0.2, 0.25) is 0 Å². The minimum atomic E-state index is 0.496. The smallest absolute Gasteiger partial charge is 0.203 e. The van der Waals surface area contributed by atoms with E-state index in [9.17, 15) is 0 Å². The molecule has 2 aromatic carbocycles. The minimum absolute atomic E-state index is 0.496. The molecule has 2 aliphatic heterocycles. The van der Waals surface area contributed by atoms with E-state index in [0.717, 1.165) is 16.7 Å². The lowest BCUT2D eigenvalue weighted by molar-refractivity contribution is 0.106. The first-order chi connectivity index (χ1) is 11.8. The van der Waals surface area contributed by atoms with E-state index in [4.69, 9.17) is 23.7 Å². The van der Waals surface area contributed by atoms with Crippen LogP contribution in [0.1, 0.15) is 22.3 Å². The molecule has 0 aliphatic carbocycles. The highest BCUT2D eigenvalue weighted by Crippen LogP contribution is 2.49. The van der Waals surface area contributed by atoms with Crippen molar-refractivity contribution in [3.8, 4) is 28.4 Å². The predicted molar refractivity (Wildman–Crippen MR) is 88.5 cm³/mol. The van der Waals surface area contributed by atoms with Gasteiger partial charge in [-0.2, -0.15) is 0 Å². The highest BCUT2D eigenvalue weighted by Gasteiger charge is 2.28. The van der Waals surface area contributed by atoms with Crippen molar-refractivity contribution < 1.29 is 23.7 Å². The summed E-state index contributed by atoms with van der Waals surface area (Å²) in [6, 6.07) is 6.23. The van der Waals surface area contributed by atoms with Gasteiger partial charge in [0, 0.05) is 5.56 Å². The molecule has 0 radical (unpaired) electrons. The lowest BCUT2D eigenvalue weighted by Gasteiger charge is -2.19. The lowest BCUT2D eigenvalue weighted by atomic mass is 9.90. The molecule has 0 unspecified atom stereocenters. The Hall–Kier alpha value is -2.24. The van der Waals surface area contributed by atoms with Crippen LogP contribution in [0.15, 0.2) is 18.2 Å². The van der Waals surface area contributed by atoms with Crippen molar-refractivity contribution in [2.75, 3.05) is 21.3 Å². The van der Waals surface area contributed by atoms with Crippen LogP contribution in [0.3, 0.4) is 0 Å². The van der Waals surface area contributed by atoms with E-state index in [1.54, 1.807) is 21.3 Å². The number of benzene rings is 2. The van der Waals surface area contributed by atoms with Crippen LogP contribution in [0.5, 0.6) is 17.2 Å². The number of fused-ring (bicyclic) bond motifs is 5. The predicted octanol–water partition coefficient (Wildman–Crippen LogP) is 3.44. The maximum Gasteiger partial charge on any atom is 0.203 e. The van der Waals surface area contributed by atoms with Gasteiger partial charge < -0.3 is 23.7 Å². The van der Waals surface area contributed by atoms with Crippen molar-refractivity contribution >= 4 is 0 Å². The second kappa shape index (κ2) is 6.00. The molecule has 0 amide bonds. The van der Waals surface area contributed by atoms with Gasteiger partial charge in [-0.1, -0.05) is 12.1 Å². The third kappa shape index (κ3) is 2.16. The van der Waals surface area contributed by atoms with Crippen molar-refractivity contribution in [1.82, 2.24) is 0 Å². The maximum atomic E-state index is 5.94. The number of methoxy groups -OCH3 is 3. The van der Waals surface area contributed by atoms with Crippen molar-refractivity contribution in [3.63, 3.8) is 0 Å². The van der Waals surface area contributed by atoms with Crippen LogP contribution < -0.4 is 14.2 Å². The maximum absolute atomic E-state index is 5.94. The molecule has 2 aromatic rings. The SMILES string of the molecule is COc1cc2c(c(OC)c1OC)-c1ccc3c(c1COC2)COC3. The molecule has 24 heavy (non-hydrogen) atoms. The highest BCUT2D eigenvalue weighted by molar-refractivity contribution is 5.83. The number of hydrogen-bond donors (Lipinski definition) is 0. The molecule has 126 valence electrons. The molecule has 0 fully saturated rings. The Morgan fingerprint density at radius 3 is 2.17 bits per heavy atom. The van der Waals surface area contributed by atoms with E-state index in [0.29, 0.717) is 43.7 Å². The molecule has 0 saturated heterocycles. The van der Waals surface area contributed by atoms with Gasteiger partial charge in [-0.25, -0.2) is 0 Å². The average molecular weight is 328 g/mol. The number of ether oxygens (including phenoxy) is 5. The molecule has 5 nitrogen and oxygen atoms in total. The fraction of sp³-hybridized carbons (Fsp3) is 0.368.